The molecule has 0 radical (unpaired) electrons. The molecule has 26 heavy (non-hydrogen) atoms. The van der Waals surface area contributed by atoms with Crippen molar-refractivity contribution in [2.45, 2.75) is 6.92 Å². The third kappa shape index (κ3) is 3.75. The predicted molar refractivity (Wildman–Crippen MR) is 106 cm³/mol. The van der Waals surface area contributed by atoms with Crippen LogP contribution in [0.3, 0.4) is 0 Å². The predicted octanol–water partition coefficient (Wildman–Crippen LogP) is 4.68. The maximum Gasteiger partial charge on any atom is 0.346 e. The summed E-state index contributed by atoms with van der Waals surface area (Å²) in [5.74, 6) is -1.00. The fourth-order valence-corrected chi connectivity index (χ4v) is 4.36. The molecule has 0 aliphatic carbocycles. The van der Waals surface area contributed by atoms with Crippen molar-refractivity contribution in [2.24, 2.45) is 0 Å². The molecule has 0 aliphatic rings. The second-order valence-corrected chi connectivity index (χ2v) is 7.71. The molecule has 134 valence electrons. The molecule has 2 aromatic carbocycles. The van der Waals surface area contributed by atoms with Gasteiger partial charge in [-0.15, -0.1) is 11.3 Å². The van der Waals surface area contributed by atoms with Crippen LogP contribution in [0.15, 0.2) is 48.5 Å². The molecule has 0 aliphatic heterocycles. The van der Waals surface area contributed by atoms with Gasteiger partial charge < -0.3 is 5.11 Å². The quantitative estimate of drug-likeness (QED) is 0.536. The Labute approximate surface area is 161 Å². The first kappa shape index (κ1) is 18.4. The van der Waals surface area contributed by atoms with Crippen molar-refractivity contribution >= 4 is 45.5 Å². The van der Waals surface area contributed by atoms with Gasteiger partial charge in [0.15, 0.2) is 0 Å². The summed E-state index contributed by atoms with van der Waals surface area (Å²) >= 11 is 7.14. The van der Waals surface area contributed by atoms with Gasteiger partial charge in [-0.3, -0.25) is 4.72 Å². The lowest BCUT2D eigenvalue weighted by atomic mass is 9.99. The molecular weight excluding hydrogens is 394 g/mol. The molecule has 2 N–H and O–H groups in total. The number of carbonyl (C=O) groups is 1. The number of thiol groups is 1. The van der Waals surface area contributed by atoms with Gasteiger partial charge in [-0.05, 0) is 47.9 Å². The lowest BCUT2D eigenvalue weighted by Crippen LogP contribution is -1.97. The Balaban J connectivity index is 2.11. The van der Waals surface area contributed by atoms with Crippen LogP contribution in [0.25, 0.3) is 21.6 Å². The number of halogens is 1. The van der Waals surface area contributed by atoms with Crippen molar-refractivity contribution in [1.29, 1.82) is 0 Å². The Hall–Kier alpha value is -2.35. The van der Waals surface area contributed by atoms with Gasteiger partial charge in [-0.2, -0.15) is 0 Å². The highest BCUT2D eigenvalue weighted by atomic mass is 35.5. The molecule has 3 rings (SSSR count). The number of carboxylic acid groups (broad SMARTS) is 1. The van der Waals surface area contributed by atoms with E-state index in [2.05, 4.69) is 4.72 Å². The maximum atomic E-state index is 11.8. The average molecular weight is 408 g/mol. The van der Waals surface area contributed by atoms with E-state index in [-0.39, 0.29) is 4.88 Å². The van der Waals surface area contributed by atoms with Crippen molar-refractivity contribution in [1.82, 2.24) is 0 Å². The molecule has 0 atom stereocenters. The van der Waals surface area contributed by atoms with Crippen LogP contribution in [-0.2, 0) is 10.9 Å². The Morgan fingerprint density at radius 2 is 1.62 bits per heavy atom. The highest BCUT2D eigenvalue weighted by Crippen LogP contribution is 2.42. The van der Waals surface area contributed by atoms with E-state index in [0.29, 0.717) is 21.8 Å². The van der Waals surface area contributed by atoms with Crippen LogP contribution in [0.2, 0.25) is 5.02 Å². The molecule has 0 saturated heterocycles. The molecular formula is C18H14ClNO4S2. The fraction of sp³-hybridized carbons (Fsp3) is 0.0556. The topological polar surface area (TPSA) is 83.5 Å². The number of carboxylic acids is 1. The normalized spacial score (nSPS) is 10.9. The van der Waals surface area contributed by atoms with Crippen LogP contribution in [0, 0.1) is 6.92 Å². The molecule has 1 aromatic heterocycles. The summed E-state index contributed by atoms with van der Waals surface area (Å²) in [6.07, 6.45) is 0. The van der Waals surface area contributed by atoms with Gasteiger partial charge in [0.1, 0.15) is 4.88 Å². The van der Waals surface area contributed by atoms with Crippen molar-refractivity contribution in [3.63, 3.8) is 0 Å². The molecule has 0 unspecified atom stereocenters. The van der Waals surface area contributed by atoms with Crippen molar-refractivity contribution in [3.8, 4) is 21.6 Å². The van der Waals surface area contributed by atoms with Crippen molar-refractivity contribution in [3.05, 3.63) is 64.0 Å². The molecule has 8 heteroatoms. The summed E-state index contributed by atoms with van der Waals surface area (Å²) < 4.78 is 23.8. The lowest BCUT2D eigenvalue weighted by Gasteiger charge is -2.06. The molecule has 0 saturated carbocycles. The van der Waals surface area contributed by atoms with E-state index in [4.69, 9.17) is 11.6 Å². The van der Waals surface area contributed by atoms with E-state index >= 15 is 0 Å². The average Bonchev–Trinajstić information content (AvgIpc) is 2.93. The first-order valence-corrected chi connectivity index (χ1v) is 9.88. The number of rotatable bonds is 5. The number of benzene rings is 2. The summed E-state index contributed by atoms with van der Waals surface area (Å²) in [7, 11) is -2.75. The van der Waals surface area contributed by atoms with Crippen molar-refractivity contribution < 1.29 is 18.3 Å². The van der Waals surface area contributed by atoms with Gasteiger partial charge in [0.25, 0.3) is 0 Å². The lowest BCUT2D eigenvalue weighted by molar-refractivity contribution is 0.0703. The van der Waals surface area contributed by atoms with E-state index in [1.807, 2.05) is 19.1 Å². The van der Waals surface area contributed by atoms with Crippen LogP contribution in [0.1, 0.15) is 15.2 Å². The van der Waals surface area contributed by atoms with E-state index in [0.717, 1.165) is 16.0 Å². The second kappa shape index (κ2) is 7.49. The number of aromatic carboxylic acids is 1. The summed E-state index contributed by atoms with van der Waals surface area (Å²) in [6.45, 7) is 1.88. The van der Waals surface area contributed by atoms with Gasteiger partial charge in [0.2, 0.25) is 10.9 Å². The van der Waals surface area contributed by atoms with Crippen LogP contribution in [0.4, 0.5) is 5.69 Å². The third-order valence-electron chi connectivity index (χ3n) is 3.84. The van der Waals surface area contributed by atoms with Crippen LogP contribution < -0.4 is 4.72 Å². The molecule has 3 aromatic rings. The van der Waals surface area contributed by atoms with Gasteiger partial charge in [0, 0.05) is 21.2 Å². The minimum atomic E-state index is -2.75. The summed E-state index contributed by atoms with van der Waals surface area (Å²) in [5, 5.41) is 10.2. The largest absolute Gasteiger partial charge is 0.477 e. The van der Waals surface area contributed by atoms with Gasteiger partial charge in [-0.25, -0.2) is 13.2 Å². The van der Waals surface area contributed by atoms with Gasteiger partial charge in [0.05, 0.1) is 0 Å². The standard InChI is InChI=1S/C18H14ClNO4S2/c1-10-15(11-4-8-14(9-5-11)20-26(23)24)17(18(21)22)25-16(10)12-2-6-13(19)7-3-12/h2-9,26H,1H3,(H,21,22)(H,20,23,24). The van der Waals surface area contributed by atoms with Crippen LogP contribution in [0.5, 0.6) is 0 Å². The third-order valence-corrected chi connectivity index (χ3v) is 5.86. The Morgan fingerprint density at radius 3 is 2.15 bits per heavy atom. The van der Waals surface area contributed by atoms with Gasteiger partial charge >= 0.3 is 5.97 Å². The number of hydrogen-bond donors (Lipinski definition) is 3. The van der Waals surface area contributed by atoms with Crippen LogP contribution >= 0.6 is 22.9 Å². The minimum Gasteiger partial charge on any atom is -0.477 e. The molecule has 0 fully saturated rings. The Bertz CT molecular complexity index is 1030. The summed E-state index contributed by atoms with van der Waals surface area (Å²) in [4.78, 5) is 12.9. The highest BCUT2D eigenvalue weighted by Gasteiger charge is 2.22. The number of hydrogen-bond acceptors (Lipinski definition) is 4. The monoisotopic (exact) mass is 407 g/mol. The number of anilines is 1. The molecule has 0 bridgehead atoms. The number of thiophene rings is 1. The summed E-state index contributed by atoms with van der Waals surface area (Å²) in [5.41, 5.74) is 3.51. The van der Waals surface area contributed by atoms with Gasteiger partial charge in [-0.1, -0.05) is 35.9 Å². The Kier molecular flexibility index (Phi) is 5.31. The van der Waals surface area contributed by atoms with E-state index in [1.165, 1.54) is 11.3 Å². The van der Waals surface area contributed by atoms with E-state index in [1.54, 1.807) is 36.4 Å². The summed E-state index contributed by atoms with van der Waals surface area (Å²) in [6, 6.07) is 13.9. The first-order valence-electron chi connectivity index (χ1n) is 7.51. The van der Waals surface area contributed by atoms with E-state index < -0.39 is 16.9 Å². The van der Waals surface area contributed by atoms with E-state index in [9.17, 15) is 18.3 Å². The van der Waals surface area contributed by atoms with Crippen LogP contribution in [-0.4, -0.2) is 19.5 Å². The molecule has 0 amide bonds. The second-order valence-electron chi connectivity index (χ2n) is 5.52. The van der Waals surface area contributed by atoms with Crippen molar-refractivity contribution in [2.75, 3.05) is 4.72 Å². The Morgan fingerprint density at radius 1 is 1.04 bits per heavy atom. The smallest absolute Gasteiger partial charge is 0.346 e. The SMILES string of the molecule is Cc1c(-c2ccc(Cl)cc2)sc(C(=O)O)c1-c1ccc(N[SH](=O)=O)cc1. The molecule has 0 spiro atoms. The number of nitrogens with one attached hydrogen (secondary N) is 1. The zero-order chi connectivity index (χ0) is 18.8. The molecule has 1 heterocycles. The fourth-order valence-electron chi connectivity index (χ4n) is 2.71. The maximum absolute atomic E-state index is 11.8. The first-order chi connectivity index (χ1) is 12.4. The zero-order valence-corrected chi connectivity index (χ0v) is 16.0. The minimum absolute atomic E-state index is 0.239. The molecule has 5 nitrogen and oxygen atoms in total. The highest BCUT2D eigenvalue weighted by molar-refractivity contribution is 7.73. The zero-order valence-electron chi connectivity index (χ0n) is 13.5.